The van der Waals surface area contributed by atoms with Crippen LogP contribution in [0.3, 0.4) is 0 Å². The maximum Gasteiger partial charge on any atom is 0.122 e. The Labute approximate surface area is 140 Å². The highest BCUT2D eigenvalue weighted by atomic mass is 28.3. The molecule has 0 aromatic heterocycles. The van der Waals surface area contributed by atoms with E-state index in [0.29, 0.717) is 6.61 Å². The molecule has 2 aromatic carbocycles. The smallest absolute Gasteiger partial charge is 0.122 e. The van der Waals surface area contributed by atoms with Gasteiger partial charge in [0.15, 0.2) is 0 Å². The molecule has 0 spiro atoms. The quantitative estimate of drug-likeness (QED) is 0.575. The van der Waals surface area contributed by atoms with Crippen molar-refractivity contribution in [3.8, 4) is 5.75 Å². The first-order valence-corrected chi connectivity index (χ1v) is 11.2. The summed E-state index contributed by atoms with van der Waals surface area (Å²) in [6, 6.07) is 15.3. The van der Waals surface area contributed by atoms with Crippen molar-refractivity contribution in [2.24, 2.45) is 0 Å². The van der Waals surface area contributed by atoms with Crippen LogP contribution in [0.2, 0.25) is 13.1 Å². The minimum Gasteiger partial charge on any atom is -0.489 e. The SMILES string of the molecule is C=CCOc1c(C)cccc1[Si](C)(C)C1=Cc2ccccc2C1. The summed E-state index contributed by atoms with van der Waals surface area (Å²) >= 11 is 0. The highest BCUT2D eigenvalue weighted by Crippen LogP contribution is 2.32. The van der Waals surface area contributed by atoms with Crippen molar-refractivity contribution < 1.29 is 4.74 Å². The lowest BCUT2D eigenvalue weighted by Gasteiger charge is -2.28. The van der Waals surface area contributed by atoms with Gasteiger partial charge >= 0.3 is 0 Å². The van der Waals surface area contributed by atoms with Crippen LogP contribution in [0.5, 0.6) is 5.75 Å². The second kappa shape index (κ2) is 6.21. The average molecular weight is 321 g/mol. The summed E-state index contributed by atoms with van der Waals surface area (Å²) in [4.78, 5) is 0. The molecule has 2 aromatic rings. The third-order valence-electron chi connectivity index (χ3n) is 4.80. The van der Waals surface area contributed by atoms with Gasteiger partial charge in [-0.05, 0) is 35.2 Å². The van der Waals surface area contributed by atoms with E-state index in [4.69, 9.17) is 4.74 Å². The van der Waals surface area contributed by atoms with E-state index < -0.39 is 8.07 Å². The normalized spacial score (nSPS) is 13.4. The van der Waals surface area contributed by atoms with Crippen molar-refractivity contribution in [2.45, 2.75) is 26.4 Å². The van der Waals surface area contributed by atoms with Gasteiger partial charge in [-0.1, -0.05) is 79.5 Å². The molecule has 0 unspecified atom stereocenters. The number of allylic oxidation sites excluding steroid dienone is 1. The lowest BCUT2D eigenvalue weighted by Crippen LogP contribution is -2.45. The van der Waals surface area contributed by atoms with Crippen molar-refractivity contribution in [2.75, 3.05) is 6.61 Å². The zero-order chi connectivity index (χ0) is 16.4. The standard InChI is InChI=1S/C21H24OSi/c1-5-13-22-21-16(2)9-8-12-20(21)23(3,4)19-14-17-10-6-7-11-18(17)15-19/h5-12,14H,1,13,15H2,2-4H3. The lowest BCUT2D eigenvalue weighted by molar-refractivity contribution is 0.363. The Morgan fingerprint density at radius 2 is 1.91 bits per heavy atom. The molecule has 0 radical (unpaired) electrons. The molecule has 2 heteroatoms. The van der Waals surface area contributed by atoms with E-state index in [9.17, 15) is 0 Å². The maximum atomic E-state index is 6.03. The van der Waals surface area contributed by atoms with Crippen LogP contribution in [0, 0.1) is 6.92 Å². The molecule has 0 atom stereocenters. The van der Waals surface area contributed by atoms with Crippen molar-refractivity contribution in [3.05, 3.63) is 77.0 Å². The van der Waals surface area contributed by atoms with Gasteiger partial charge in [0, 0.05) is 0 Å². The third-order valence-corrected chi connectivity index (χ3v) is 8.47. The highest BCUT2D eigenvalue weighted by molar-refractivity contribution is 6.96. The molecule has 0 saturated heterocycles. The summed E-state index contributed by atoms with van der Waals surface area (Å²) in [5, 5.41) is 2.96. The van der Waals surface area contributed by atoms with Gasteiger partial charge in [-0.15, -0.1) is 0 Å². The Morgan fingerprint density at radius 1 is 1.13 bits per heavy atom. The average Bonchev–Trinajstić information content (AvgIpc) is 2.98. The van der Waals surface area contributed by atoms with Crippen LogP contribution < -0.4 is 9.92 Å². The van der Waals surface area contributed by atoms with Gasteiger partial charge in [-0.2, -0.15) is 0 Å². The van der Waals surface area contributed by atoms with Crippen LogP contribution >= 0.6 is 0 Å². The van der Waals surface area contributed by atoms with Gasteiger partial charge in [-0.3, -0.25) is 0 Å². The van der Waals surface area contributed by atoms with Crippen LogP contribution in [0.1, 0.15) is 16.7 Å². The molecule has 0 saturated carbocycles. The number of hydrogen-bond donors (Lipinski definition) is 0. The van der Waals surface area contributed by atoms with E-state index in [1.165, 1.54) is 21.9 Å². The number of hydrogen-bond acceptors (Lipinski definition) is 1. The zero-order valence-electron chi connectivity index (χ0n) is 14.2. The fourth-order valence-corrected chi connectivity index (χ4v) is 6.18. The molecule has 1 aliphatic carbocycles. The second-order valence-corrected chi connectivity index (χ2v) is 11.2. The minimum absolute atomic E-state index is 0.557. The molecule has 23 heavy (non-hydrogen) atoms. The van der Waals surface area contributed by atoms with E-state index in [-0.39, 0.29) is 0 Å². The lowest BCUT2D eigenvalue weighted by atomic mass is 10.1. The van der Waals surface area contributed by atoms with Crippen molar-refractivity contribution in [1.82, 2.24) is 0 Å². The predicted octanol–water partition coefficient (Wildman–Crippen LogP) is 4.65. The van der Waals surface area contributed by atoms with Crippen LogP contribution in [0.15, 0.2) is 60.3 Å². The summed E-state index contributed by atoms with van der Waals surface area (Å²) in [7, 11) is -1.77. The molecule has 0 aliphatic heterocycles. The first kappa shape index (κ1) is 15.8. The minimum atomic E-state index is -1.77. The number of para-hydroxylation sites is 1. The van der Waals surface area contributed by atoms with Crippen LogP contribution in [-0.4, -0.2) is 14.7 Å². The number of benzene rings is 2. The molecule has 0 bridgehead atoms. The second-order valence-electron chi connectivity index (χ2n) is 6.72. The van der Waals surface area contributed by atoms with E-state index in [1.54, 1.807) is 5.20 Å². The number of ether oxygens (including phenoxy) is 1. The van der Waals surface area contributed by atoms with E-state index in [0.717, 1.165) is 12.2 Å². The Hall–Kier alpha value is -2.06. The highest BCUT2D eigenvalue weighted by Gasteiger charge is 2.34. The van der Waals surface area contributed by atoms with E-state index >= 15 is 0 Å². The molecular weight excluding hydrogens is 296 g/mol. The molecule has 0 fully saturated rings. The Kier molecular flexibility index (Phi) is 4.27. The topological polar surface area (TPSA) is 9.23 Å². The van der Waals surface area contributed by atoms with Crippen LogP contribution in [0.4, 0.5) is 0 Å². The molecule has 1 nitrogen and oxygen atoms in total. The summed E-state index contributed by atoms with van der Waals surface area (Å²) in [6.45, 7) is 11.3. The van der Waals surface area contributed by atoms with E-state index in [1.807, 2.05) is 6.08 Å². The monoisotopic (exact) mass is 320 g/mol. The third kappa shape index (κ3) is 2.91. The molecule has 1 aliphatic rings. The first-order chi connectivity index (χ1) is 11.0. The van der Waals surface area contributed by atoms with Crippen LogP contribution in [0.25, 0.3) is 6.08 Å². The molecule has 118 valence electrons. The van der Waals surface area contributed by atoms with Crippen molar-refractivity contribution in [1.29, 1.82) is 0 Å². The molecular formula is C21H24OSi. The predicted molar refractivity (Wildman–Crippen MR) is 102 cm³/mol. The fourth-order valence-electron chi connectivity index (χ4n) is 3.33. The molecule has 0 amide bonds. The number of aryl methyl sites for hydroxylation is 1. The van der Waals surface area contributed by atoms with Gasteiger partial charge in [0.25, 0.3) is 0 Å². The summed E-state index contributed by atoms with van der Waals surface area (Å²) in [5.74, 6) is 1.06. The number of fused-ring (bicyclic) bond motifs is 1. The van der Waals surface area contributed by atoms with Crippen molar-refractivity contribution >= 4 is 19.3 Å². The van der Waals surface area contributed by atoms with Gasteiger partial charge in [0.1, 0.15) is 20.4 Å². The largest absolute Gasteiger partial charge is 0.489 e. The fraction of sp³-hybridized carbons (Fsp3) is 0.238. The van der Waals surface area contributed by atoms with Gasteiger partial charge in [-0.25, -0.2) is 0 Å². The first-order valence-electron chi connectivity index (χ1n) is 8.17. The zero-order valence-corrected chi connectivity index (χ0v) is 15.2. The Balaban J connectivity index is 2.01. The number of rotatable bonds is 5. The van der Waals surface area contributed by atoms with Gasteiger partial charge < -0.3 is 4.74 Å². The Morgan fingerprint density at radius 3 is 2.65 bits per heavy atom. The van der Waals surface area contributed by atoms with Crippen LogP contribution in [-0.2, 0) is 6.42 Å². The van der Waals surface area contributed by atoms with Gasteiger partial charge in [0.2, 0.25) is 0 Å². The Bertz CT molecular complexity index is 771. The summed E-state index contributed by atoms with van der Waals surface area (Å²) in [6.07, 6.45) is 5.29. The van der Waals surface area contributed by atoms with Gasteiger partial charge in [0.05, 0.1) is 0 Å². The van der Waals surface area contributed by atoms with Crippen molar-refractivity contribution in [3.63, 3.8) is 0 Å². The maximum absolute atomic E-state index is 6.03. The summed E-state index contributed by atoms with van der Waals surface area (Å²) in [5.41, 5.74) is 4.04. The van der Waals surface area contributed by atoms with E-state index in [2.05, 4.69) is 75.1 Å². The molecule has 0 heterocycles. The summed E-state index contributed by atoms with van der Waals surface area (Å²) < 4.78 is 6.03. The molecule has 0 N–H and O–H groups in total. The molecule has 3 rings (SSSR count).